The van der Waals surface area contributed by atoms with Gasteiger partial charge in [0.2, 0.25) is 5.78 Å². The van der Waals surface area contributed by atoms with E-state index in [1.807, 2.05) is 0 Å². The monoisotopic (exact) mass is 300 g/mol. The van der Waals surface area contributed by atoms with Crippen LogP contribution in [0.1, 0.15) is 80.6 Å². The molecule has 0 radical (unpaired) electrons. The Morgan fingerprint density at radius 2 is 1.55 bits per heavy atom. The summed E-state index contributed by atoms with van der Waals surface area (Å²) < 4.78 is 0. The molecule has 1 saturated heterocycles. The van der Waals surface area contributed by atoms with Crippen LogP contribution in [0, 0.1) is 0 Å². The van der Waals surface area contributed by atoms with Crippen LogP contribution in [-0.2, 0) is 0 Å². The third-order valence-electron chi connectivity index (χ3n) is 5.91. The quantitative estimate of drug-likeness (QED) is 0.846. The van der Waals surface area contributed by atoms with Gasteiger partial charge in [0.25, 0.3) is 0 Å². The number of benzene rings is 1. The van der Waals surface area contributed by atoms with Crippen molar-refractivity contribution < 1.29 is 9.69 Å². The Morgan fingerprint density at radius 1 is 0.955 bits per heavy atom. The van der Waals surface area contributed by atoms with E-state index in [0.717, 1.165) is 24.6 Å². The molecule has 0 aromatic heterocycles. The molecule has 0 bridgehead atoms. The second-order valence-electron chi connectivity index (χ2n) is 7.72. The maximum Gasteiger partial charge on any atom is 0.222 e. The summed E-state index contributed by atoms with van der Waals surface area (Å²) in [5.41, 5.74) is 2.04. The van der Waals surface area contributed by atoms with Gasteiger partial charge in [0.05, 0.1) is 13.1 Å². The van der Waals surface area contributed by atoms with E-state index in [9.17, 15) is 4.79 Å². The van der Waals surface area contributed by atoms with Gasteiger partial charge >= 0.3 is 0 Å². The number of ketones is 1. The molecule has 1 aliphatic carbocycles. The molecule has 1 N–H and O–H groups in total. The number of rotatable bonds is 4. The van der Waals surface area contributed by atoms with Crippen LogP contribution in [0.2, 0.25) is 0 Å². The molecule has 2 fully saturated rings. The molecular formula is C20H30NO+. The lowest BCUT2D eigenvalue weighted by Gasteiger charge is -2.30. The van der Waals surface area contributed by atoms with Crippen molar-refractivity contribution in [2.24, 2.45) is 0 Å². The van der Waals surface area contributed by atoms with Crippen molar-refractivity contribution in [1.82, 2.24) is 0 Å². The Morgan fingerprint density at radius 3 is 2.14 bits per heavy atom. The molecule has 0 unspecified atom stereocenters. The minimum atomic E-state index is -0.289. The van der Waals surface area contributed by atoms with Gasteiger partial charge in [-0.25, -0.2) is 0 Å². The summed E-state index contributed by atoms with van der Waals surface area (Å²) >= 11 is 0. The Hall–Kier alpha value is -1.15. The normalized spacial score (nSPS) is 21.2. The van der Waals surface area contributed by atoms with Crippen LogP contribution in [0.3, 0.4) is 0 Å². The molecule has 0 atom stereocenters. The van der Waals surface area contributed by atoms with Gasteiger partial charge in [-0.2, -0.15) is 0 Å². The zero-order chi connectivity index (χ0) is 15.6. The van der Waals surface area contributed by atoms with Crippen molar-refractivity contribution >= 4 is 5.78 Å². The van der Waals surface area contributed by atoms with Gasteiger partial charge in [-0.15, -0.1) is 0 Å². The van der Waals surface area contributed by atoms with Crippen molar-refractivity contribution in [2.75, 3.05) is 13.1 Å². The van der Waals surface area contributed by atoms with E-state index in [1.54, 1.807) is 0 Å². The fourth-order valence-corrected chi connectivity index (χ4v) is 4.29. The molecule has 1 aromatic carbocycles. The minimum Gasteiger partial charge on any atom is -0.324 e. The average Bonchev–Trinajstić information content (AvgIpc) is 3.10. The zero-order valence-electron chi connectivity index (χ0n) is 14.2. The van der Waals surface area contributed by atoms with E-state index < -0.39 is 0 Å². The summed E-state index contributed by atoms with van der Waals surface area (Å²) in [4.78, 5) is 14.4. The van der Waals surface area contributed by atoms with Crippen LogP contribution in [0.15, 0.2) is 24.3 Å². The van der Waals surface area contributed by atoms with E-state index in [2.05, 4.69) is 38.1 Å². The Kier molecular flexibility index (Phi) is 4.67. The van der Waals surface area contributed by atoms with Crippen molar-refractivity contribution in [2.45, 2.75) is 70.3 Å². The van der Waals surface area contributed by atoms with Crippen LogP contribution >= 0.6 is 0 Å². The second kappa shape index (κ2) is 6.54. The van der Waals surface area contributed by atoms with Gasteiger partial charge in [0.15, 0.2) is 5.54 Å². The van der Waals surface area contributed by atoms with E-state index in [4.69, 9.17) is 0 Å². The van der Waals surface area contributed by atoms with Crippen molar-refractivity contribution in [3.05, 3.63) is 35.4 Å². The highest BCUT2D eigenvalue weighted by Crippen LogP contribution is 2.32. The van der Waals surface area contributed by atoms with Crippen LogP contribution in [-0.4, -0.2) is 24.4 Å². The van der Waals surface area contributed by atoms with Crippen molar-refractivity contribution in [3.63, 3.8) is 0 Å². The van der Waals surface area contributed by atoms with Gasteiger partial charge in [0, 0.05) is 18.4 Å². The van der Waals surface area contributed by atoms with Crippen LogP contribution in [0.5, 0.6) is 0 Å². The molecule has 22 heavy (non-hydrogen) atoms. The molecule has 2 nitrogen and oxygen atoms in total. The minimum absolute atomic E-state index is 0.289. The largest absolute Gasteiger partial charge is 0.324 e. The summed E-state index contributed by atoms with van der Waals surface area (Å²) in [6.07, 6.45) is 9.25. The molecular weight excluding hydrogens is 270 g/mol. The molecule has 1 aromatic rings. The summed E-state index contributed by atoms with van der Waals surface area (Å²) in [5.74, 6) is 1.02. The van der Waals surface area contributed by atoms with Crippen LogP contribution in [0.4, 0.5) is 0 Å². The number of carbonyl (C=O) groups is 1. The highest BCUT2D eigenvalue weighted by atomic mass is 16.1. The molecule has 1 aliphatic heterocycles. The molecule has 120 valence electrons. The number of nitrogens with one attached hydrogen (secondary N) is 1. The van der Waals surface area contributed by atoms with Crippen molar-refractivity contribution in [1.29, 1.82) is 0 Å². The number of hydrogen-bond acceptors (Lipinski definition) is 1. The van der Waals surface area contributed by atoms with E-state index in [0.29, 0.717) is 5.78 Å². The van der Waals surface area contributed by atoms with E-state index >= 15 is 0 Å². The molecule has 1 saturated carbocycles. The number of quaternary nitrogens is 1. The standard InChI is InChI=1S/C20H29NO/c1-20(2,21-14-6-7-15-21)19(22)18-12-10-17(11-13-18)16-8-4-3-5-9-16/h10-13,16H,3-9,14-15H2,1-2H3/p+1. The molecule has 0 amide bonds. The van der Waals surface area contributed by atoms with Gasteiger partial charge < -0.3 is 4.90 Å². The molecule has 2 heteroatoms. The van der Waals surface area contributed by atoms with Gasteiger partial charge in [-0.1, -0.05) is 43.5 Å². The van der Waals surface area contributed by atoms with E-state index in [-0.39, 0.29) is 5.54 Å². The fourth-order valence-electron chi connectivity index (χ4n) is 4.29. The van der Waals surface area contributed by atoms with Gasteiger partial charge in [-0.05, 0) is 38.2 Å². The first-order chi connectivity index (χ1) is 10.6. The lowest BCUT2D eigenvalue weighted by molar-refractivity contribution is -0.925. The predicted octanol–water partition coefficient (Wildman–Crippen LogP) is 3.37. The molecule has 0 spiro atoms. The Balaban J connectivity index is 1.72. The summed E-state index contributed by atoms with van der Waals surface area (Å²) in [5, 5.41) is 0. The maximum absolute atomic E-state index is 12.9. The summed E-state index contributed by atoms with van der Waals surface area (Å²) in [6, 6.07) is 8.56. The van der Waals surface area contributed by atoms with E-state index in [1.165, 1.54) is 55.4 Å². The zero-order valence-corrected chi connectivity index (χ0v) is 14.2. The first-order valence-electron chi connectivity index (χ1n) is 9.09. The van der Waals surface area contributed by atoms with Crippen molar-refractivity contribution in [3.8, 4) is 0 Å². The lowest BCUT2D eigenvalue weighted by atomic mass is 9.83. The number of likely N-dealkylation sites (tertiary alicyclic amines) is 1. The first kappa shape index (κ1) is 15.7. The van der Waals surface area contributed by atoms with Crippen LogP contribution < -0.4 is 4.90 Å². The Bertz CT molecular complexity index is 505. The summed E-state index contributed by atoms with van der Waals surface area (Å²) in [7, 11) is 0. The predicted molar refractivity (Wildman–Crippen MR) is 90.6 cm³/mol. The molecule has 2 aliphatic rings. The third-order valence-corrected chi connectivity index (χ3v) is 5.91. The van der Waals surface area contributed by atoms with Gasteiger partial charge in [-0.3, -0.25) is 4.79 Å². The highest BCUT2D eigenvalue weighted by molar-refractivity contribution is 6.01. The smallest absolute Gasteiger partial charge is 0.222 e. The third kappa shape index (κ3) is 3.12. The van der Waals surface area contributed by atoms with Gasteiger partial charge in [0.1, 0.15) is 0 Å². The maximum atomic E-state index is 12.9. The number of hydrogen-bond donors (Lipinski definition) is 1. The van der Waals surface area contributed by atoms with Crippen LogP contribution in [0.25, 0.3) is 0 Å². The number of Topliss-reactive ketones (excluding diaryl/α,β-unsaturated/α-hetero) is 1. The molecule has 1 heterocycles. The second-order valence-corrected chi connectivity index (χ2v) is 7.72. The fraction of sp³-hybridized carbons (Fsp3) is 0.650. The SMILES string of the molecule is CC(C)(C(=O)c1ccc(C2CCCCC2)cc1)[NH+]1CCCC1. The topological polar surface area (TPSA) is 21.5 Å². The Labute approximate surface area is 134 Å². The average molecular weight is 300 g/mol. The lowest BCUT2D eigenvalue weighted by Crippen LogP contribution is -3.18. The molecule has 3 rings (SSSR count). The number of carbonyl (C=O) groups excluding carboxylic acids is 1. The first-order valence-corrected chi connectivity index (χ1v) is 9.09. The summed E-state index contributed by atoms with van der Waals surface area (Å²) in [6.45, 7) is 6.51. The highest BCUT2D eigenvalue weighted by Gasteiger charge is 2.40.